The van der Waals surface area contributed by atoms with Gasteiger partial charge in [0.25, 0.3) is 0 Å². The predicted octanol–water partition coefficient (Wildman–Crippen LogP) is 0.651. The summed E-state index contributed by atoms with van der Waals surface area (Å²) in [7, 11) is -3.47. The van der Waals surface area contributed by atoms with Gasteiger partial charge in [-0.1, -0.05) is 0 Å². The Morgan fingerprint density at radius 1 is 1.50 bits per heavy atom. The van der Waals surface area contributed by atoms with E-state index in [4.69, 9.17) is 5.73 Å². The second-order valence-corrected chi connectivity index (χ2v) is 6.70. The molecule has 110 valence electrons. The number of rotatable bonds is 3. The van der Waals surface area contributed by atoms with Crippen LogP contribution in [0.25, 0.3) is 0 Å². The molecule has 0 spiro atoms. The van der Waals surface area contributed by atoms with Gasteiger partial charge in [-0.25, -0.2) is 12.8 Å². The fourth-order valence-electron chi connectivity index (χ4n) is 1.95. The molecule has 0 unspecified atom stereocenters. The predicted molar refractivity (Wildman–Crippen MR) is 74.4 cm³/mol. The molecule has 0 aromatic heterocycles. The Labute approximate surface area is 116 Å². The summed E-state index contributed by atoms with van der Waals surface area (Å²) in [6.07, 6.45) is 0.457. The number of amides is 1. The van der Waals surface area contributed by atoms with E-state index in [0.29, 0.717) is 12.1 Å². The number of sulfonamides is 1. The van der Waals surface area contributed by atoms with Crippen molar-refractivity contribution in [3.63, 3.8) is 0 Å². The van der Waals surface area contributed by atoms with Crippen LogP contribution in [-0.4, -0.2) is 32.7 Å². The minimum atomic E-state index is -3.47. The van der Waals surface area contributed by atoms with Crippen molar-refractivity contribution in [2.24, 2.45) is 5.73 Å². The zero-order valence-electron chi connectivity index (χ0n) is 11.0. The molecular formula is C12H16FN3O3S. The Morgan fingerprint density at radius 2 is 2.20 bits per heavy atom. The molecule has 1 fully saturated rings. The van der Waals surface area contributed by atoms with E-state index in [1.54, 1.807) is 0 Å². The van der Waals surface area contributed by atoms with Crippen LogP contribution in [0.5, 0.6) is 0 Å². The first-order chi connectivity index (χ1) is 9.31. The topological polar surface area (TPSA) is 92.5 Å². The molecule has 1 heterocycles. The van der Waals surface area contributed by atoms with Gasteiger partial charge >= 0.3 is 0 Å². The van der Waals surface area contributed by atoms with Crippen molar-refractivity contribution < 1.29 is 17.6 Å². The number of hydrogen-bond acceptors (Lipinski definition) is 4. The number of nitrogens with two attached hydrogens (primary N) is 1. The van der Waals surface area contributed by atoms with Gasteiger partial charge in [0.15, 0.2) is 0 Å². The minimum absolute atomic E-state index is 0.00284. The highest BCUT2D eigenvalue weighted by Crippen LogP contribution is 2.29. The Hall–Kier alpha value is -1.67. The first-order valence-electron chi connectivity index (χ1n) is 6.17. The van der Waals surface area contributed by atoms with E-state index in [2.05, 4.69) is 5.32 Å². The van der Waals surface area contributed by atoms with Crippen molar-refractivity contribution in [2.75, 3.05) is 21.9 Å². The molecule has 6 nitrogen and oxygen atoms in total. The summed E-state index contributed by atoms with van der Waals surface area (Å²) in [5.41, 5.74) is 5.68. The van der Waals surface area contributed by atoms with Gasteiger partial charge < -0.3 is 11.1 Å². The number of anilines is 2. The molecule has 1 atom stereocenters. The van der Waals surface area contributed by atoms with Crippen LogP contribution in [0.3, 0.4) is 0 Å². The Kier molecular flexibility index (Phi) is 3.96. The first-order valence-corrected chi connectivity index (χ1v) is 7.78. The molecule has 0 aliphatic carbocycles. The molecule has 3 N–H and O–H groups in total. The minimum Gasteiger partial charge on any atom is -0.325 e. The van der Waals surface area contributed by atoms with E-state index >= 15 is 0 Å². The number of nitrogens with zero attached hydrogens (tertiary/aromatic N) is 1. The van der Waals surface area contributed by atoms with Gasteiger partial charge in [0.2, 0.25) is 15.9 Å². The summed E-state index contributed by atoms with van der Waals surface area (Å²) in [6, 6.07) is 3.08. The molecule has 0 radical (unpaired) electrons. The molecule has 1 aromatic rings. The number of carbonyl (C=O) groups excluding carboxylic acids is 1. The summed E-state index contributed by atoms with van der Waals surface area (Å²) in [4.78, 5) is 11.5. The van der Waals surface area contributed by atoms with E-state index < -0.39 is 27.8 Å². The summed E-state index contributed by atoms with van der Waals surface area (Å²) < 4.78 is 38.5. The van der Waals surface area contributed by atoms with Crippen molar-refractivity contribution in [1.29, 1.82) is 0 Å². The van der Waals surface area contributed by atoms with Crippen molar-refractivity contribution >= 4 is 27.3 Å². The van der Waals surface area contributed by atoms with Crippen LogP contribution in [0.4, 0.5) is 15.8 Å². The first kappa shape index (κ1) is 14.7. The van der Waals surface area contributed by atoms with Gasteiger partial charge in [-0.3, -0.25) is 9.10 Å². The highest BCUT2D eigenvalue weighted by molar-refractivity contribution is 7.93. The van der Waals surface area contributed by atoms with E-state index in [-0.39, 0.29) is 18.0 Å². The Balaban J connectivity index is 2.32. The maximum atomic E-state index is 13.8. The Morgan fingerprint density at radius 3 is 2.75 bits per heavy atom. The van der Waals surface area contributed by atoms with E-state index in [9.17, 15) is 17.6 Å². The maximum absolute atomic E-state index is 13.8. The van der Waals surface area contributed by atoms with Gasteiger partial charge in [0, 0.05) is 12.2 Å². The number of halogens is 1. The van der Waals surface area contributed by atoms with Crippen LogP contribution in [0.1, 0.15) is 13.3 Å². The molecule has 1 aliphatic rings. The third kappa shape index (κ3) is 2.91. The van der Waals surface area contributed by atoms with E-state index in [1.807, 2.05) is 0 Å². The fourth-order valence-corrected chi connectivity index (χ4v) is 3.51. The lowest BCUT2D eigenvalue weighted by Crippen LogP contribution is -2.32. The van der Waals surface area contributed by atoms with Gasteiger partial charge in [-0.05, 0) is 31.5 Å². The molecule has 20 heavy (non-hydrogen) atoms. The average Bonchev–Trinajstić information content (AvgIpc) is 2.71. The van der Waals surface area contributed by atoms with Crippen LogP contribution in [0.2, 0.25) is 0 Å². The molecule has 1 amide bonds. The third-order valence-corrected chi connectivity index (χ3v) is 4.85. The molecule has 8 heteroatoms. The maximum Gasteiger partial charge on any atom is 0.240 e. The van der Waals surface area contributed by atoms with E-state index in [0.717, 1.165) is 10.4 Å². The lowest BCUT2D eigenvalue weighted by Gasteiger charge is -2.19. The molecular weight excluding hydrogens is 285 g/mol. The van der Waals surface area contributed by atoms with Gasteiger partial charge in [0.1, 0.15) is 5.82 Å². The monoisotopic (exact) mass is 301 g/mol. The summed E-state index contributed by atoms with van der Waals surface area (Å²) in [5, 5.41) is 2.51. The Bertz CT molecular complexity index is 631. The van der Waals surface area contributed by atoms with E-state index in [1.165, 1.54) is 19.1 Å². The molecule has 2 rings (SSSR count). The highest BCUT2D eigenvalue weighted by atomic mass is 32.2. The zero-order chi connectivity index (χ0) is 14.9. The molecule has 0 bridgehead atoms. The summed E-state index contributed by atoms with van der Waals surface area (Å²) >= 11 is 0. The smallest absolute Gasteiger partial charge is 0.240 e. The summed E-state index contributed by atoms with van der Waals surface area (Å²) in [6.45, 7) is 1.76. The number of nitrogens with one attached hydrogen (secondary N) is 1. The molecule has 1 aromatic carbocycles. The van der Waals surface area contributed by atoms with Crippen LogP contribution >= 0.6 is 0 Å². The largest absolute Gasteiger partial charge is 0.325 e. The summed E-state index contributed by atoms with van der Waals surface area (Å²) in [5.74, 6) is -1.07. The third-order valence-electron chi connectivity index (χ3n) is 3.00. The quantitative estimate of drug-likeness (QED) is 0.857. The second kappa shape index (κ2) is 5.37. The van der Waals surface area contributed by atoms with Crippen LogP contribution in [-0.2, 0) is 14.8 Å². The second-order valence-electron chi connectivity index (χ2n) is 4.69. The zero-order valence-corrected chi connectivity index (χ0v) is 11.8. The van der Waals surface area contributed by atoms with Crippen molar-refractivity contribution in [3.8, 4) is 0 Å². The van der Waals surface area contributed by atoms with Gasteiger partial charge in [-0.15, -0.1) is 0 Å². The standard InChI is InChI=1S/C12H16FN3O3S/c1-8(14)12(17)15-9-3-4-10(13)11(7-9)16-5-2-6-20(16,18)19/h3-4,7-8H,2,5-6,14H2,1H3,(H,15,17)/t8-/m1/s1. The SMILES string of the molecule is C[C@@H](N)C(=O)Nc1ccc(F)c(N2CCCS2(=O)=O)c1. The number of carbonyl (C=O) groups is 1. The van der Waals surface area contributed by atoms with Crippen LogP contribution in [0.15, 0.2) is 18.2 Å². The molecule has 1 saturated heterocycles. The van der Waals surface area contributed by atoms with Crippen LogP contribution < -0.4 is 15.4 Å². The lowest BCUT2D eigenvalue weighted by molar-refractivity contribution is -0.117. The fraction of sp³-hybridized carbons (Fsp3) is 0.417. The number of benzene rings is 1. The van der Waals surface area contributed by atoms with Gasteiger partial charge in [-0.2, -0.15) is 0 Å². The average molecular weight is 301 g/mol. The number of hydrogen-bond donors (Lipinski definition) is 2. The molecule has 1 aliphatic heterocycles. The molecule has 0 saturated carbocycles. The van der Waals surface area contributed by atoms with Crippen molar-refractivity contribution in [1.82, 2.24) is 0 Å². The van der Waals surface area contributed by atoms with Gasteiger partial charge in [0.05, 0.1) is 17.5 Å². The highest BCUT2D eigenvalue weighted by Gasteiger charge is 2.30. The normalized spacial score (nSPS) is 18.9. The van der Waals surface area contributed by atoms with Crippen LogP contribution in [0, 0.1) is 5.82 Å². The van der Waals surface area contributed by atoms with Crippen molar-refractivity contribution in [2.45, 2.75) is 19.4 Å². The lowest BCUT2D eigenvalue weighted by atomic mass is 10.2. The van der Waals surface area contributed by atoms with Crippen molar-refractivity contribution in [3.05, 3.63) is 24.0 Å².